The summed E-state index contributed by atoms with van der Waals surface area (Å²) in [5.41, 5.74) is 1.17. The van der Waals surface area contributed by atoms with Gasteiger partial charge in [0, 0.05) is 43.0 Å². The number of nitro groups is 1. The number of para-hydroxylation sites is 1. The number of nitro benzene ring substituents is 1. The van der Waals surface area contributed by atoms with Gasteiger partial charge in [-0.05, 0) is 6.07 Å². The Morgan fingerprint density at radius 3 is 2.48 bits per heavy atom. The number of piperazine rings is 1. The quantitative estimate of drug-likeness (QED) is 0.593. The van der Waals surface area contributed by atoms with Gasteiger partial charge in [0.1, 0.15) is 10.6 Å². The van der Waals surface area contributed by atoms with Crippen molar-refractivity contribution in [1.82, 2.24) is 14.8 Å². The Balaban J connectivity index is 1.60. The number of benzene rings is 1. The number of carbonyl (C=O) groups excluding carboxylic acids is 1. The van der Waals surface area contributed by atoms with Crippen molar-refractivity contribution >= 4 is 22.9 Å². The van der Waals surface area contributed by atoms with Gasteiger partial charge in [-0.2, -0.15) is 0 Å². The van der Waals surface area contributed by atoms with E-state index in [-0.39, 0.29) is 22.6 Å². The fourth-order valence-electron chi connectivity index (χ4n) is 3.01. The summed E-state index contributed by atoms with van der Waals surface area (Å²) < 4.78 is 0. The van der Waals surface area contributed by atoms with Gasteiger partial charge >= 0.3 is 0 Å². The SMILES string of the molecule is CC(C)(C)c1csc(CN2CCN(C(=O)c3ccccc3[N+](=O)[O-])CC2)n1. The van der Waals surface area contributed by atoms with Crippen molar-refractivity contribution in [2.24, 2.45) is 0 Å². The van der Waals surface area contributed by atoms with Gasteiger partial charge in [-0.1, -0.05) is 32.9 Å². The second kappa shape index (κ2) is 7.74. The van der Waals surface area contributed by atoms with E-state index in [1.807, 2.05) is 0 Å². The monoisotopic (exact) mass is 388 g/mol. The normalized spacial score (nSPS) is 15.7. The molecule has 1 aromatic carbocycles. The smallest absolute Gasteiger partial charge is 0.282 e. The van der Waals surface area contributed by atoms with Crippen molar-refractivity contribution in [3.63, 3.8) is 0 Å². The molecule has 0 radical (unpaired) electrons. The van der Waals surface area contributed by atoms with Crippen LogP contribution in [0.4, 0.5) is 5.69 Å². The first kappa shape index (κ1) is 19.4. The van der Waals surface area contributed by atoms with Crippen molar-refractivity contribution in [2.75, 3.05) is 26.2 Å². The van der Waals surface area contributed by atoms with E-state index >= 15 is 0 Å². The highest BCUT2D eigenvalue weighted by Gasteiger charge is 2.27. The summed E-state index contributed by atoms with van der Waals surface area (Å²) in [6.07, 6.45) is 0. The van der Waals surface area contributed by atoms with Gasteiger partial charge in [-0.3, -0.25) is 19.8 Å². The van der Waals surface area contributed by atoms with Gasteiger partial charge in [0.2, 0.25) is 0 Å². The molecule has 0 bridgehead atoms. The van der Waals surface area contributed by atoms with E-state index < -0.39 is 4.92 Å². The second-order valence-corrected chi connectivity index (χ2v) is 8.66. The van der Waals surface area contributed by atoms with Crippen LogP contribution in [0.2, 0.25) is 0 Å². The summed E-state index contributed by atoms with van der Waals surface area (Å²) in [7, 11) is 0. The lowest BCUT2D eigenvalue weighted by atomic mass is 9.93. The largest absolute Gasteiger partial charge is 0.336 e. The highest BCUT2D eigenvalue weighted by Crippen LogP contribution is 2.25. The van der Waals surface area contributed by atoms with Crippen LogP contribution in [0.1, 0.15) is 41.8 Å². The summed E-state index contributed by atoms with van der Waals surface area (Å²) in [6.45, 7) is 9.81. The standard InChI is InChI=1S/C19H24N4O3S/c1-19(2,3)16-13-27-17(20-16)12-21-8-10-22(11-9-21)18(24)14-6-4-5-7-15(14)23(25)26/h4-7,13H,8-12H2,1-3H3. The first-order chi connectivity index (χ1) is 12.8. The van der Waals surface area contributed by atoms with Gasteiger partial charge in [-0.15, -0.1) is 11.3 Å². The van der Waals surface area contributed by atoms with Crippen LogP contribution >= 0.6 is 11.3 Å². The number of carbonyl (C=O) groups is 1. The van der Waals surface area contributed by atoms with Gasteiger partial charge in [0.25, 0.3) is 11.6 Å². The van der Waals surface area contributed by atoms with Crippen LogP contribution in [0.25, 0.3) is 0 Å². The highest BCUT2D eigenvalue weighted by atomic mass is 32.1. The molecule has 0 atom stereocenters. The third-order valence-corrected chi connectivity index (χ3v) is 5.50. The van der Waals surface area contributed by atoms with E-state index in [9.17, 15) is 14.9 Å². The van der Waals surface area contributed by atoms with Crippen LogP contribution in [-0.2, 0) is 12.0 Å². The van der Waals surface area contributed by atoms with Crippen LogP contribution in [0.15, 0.2) is 29.6 Å². The maximum atomic E-state index is 12.7. The molecular formula is C19H24N4O3S. The minimum absolute atomic E-state index is 0.0459. The van der Waals surface area contributed by atoms with Crippen molar-refractivity contribution in [1.29, 1.82) is 0 Å². The molecule has 1 aliphatic heterocycles. The number of hydrogen-bond acceptors (Lipinski definition) is 6. The maximum Gasteiger partial charge on any atom is 0.282 e. The van der Waals surface area contributed by atoms with Crippen molar-refractivity contribution < 1.29 is 9.72 Å². The molecule has 3 rings (SSSR count). The molecule has 1 fully saturated rings. The number of nitrogens with zero attached hydrogens (tertiary/aromatic N) is 4. The predicted molar refractivity (Wildman–Crippen MR) is 105 cm³/mol. The number of rotatable bonds is 4. The number of hydrogen-bond donors (Lipinski definition) is 0. The van der Waals surface area contributed by atoms with Gasteiger partial charge in [0.15, 0.2) is 0 Å². The van der Waals surface area contributed by atoms with E-state index in [1.54, 1.807) is 28.4 Å². The van der Waals surface area contributed by atoms with Crippen molar-refractivity contribution in [3.8, 4) is 0 Å². The number of aromatic nitrogens is 1. The predicted octanol–water partition coefficient (Wildman–Crippen LogP) is 3.31. The zero-order valence-corrected chi connectivity index (χ0v) is 16.7. The third-order valence-electron chi connectivity index (χ3n) is 4.67. The summed E-state index contributed by atoms with van der Waals surface area (Å²) in [5, 5.41) is 14.4. The van der Waals surface area contributed by atoms with E-state index in [2.05, 4.69) is 31.1 Å². The third kappa shape index (κ3) is 4.51. The van der Waals surface area contributed by atoms with Crippen molar-refractivity contribution in [2.45, 2.75) is 32.7 Å². The Morgan fingerprint density at radius 2 is 1.89 bits per heavy atom. The highest BCUT2D eigenvalue weighted by molar-refractivity contribution is 7.09. The molecular weight excluding hydrogens is 364 g/mol. The van der Waals surface area contributed by atoms with Crippen LogP contribution in [-0.4, -0.2) is 51.8 Å². The number of amides is 1. The second-order valence-electron chi connectivity index (χ2n) is 7.72. The lowest BCUT2D eigenvalue weighted by Gasteiger charge is -2.34. The summed E-state index contributed by atoms with van der Waals surface area (Å²) >= 11 is 1.67. The molecule has 2 aromatic rings. The zero-order chi connectivity index (χ0) is 19.6. The molecule has 0 aliphatic carbocycles. The topological polar surface area (TPSA) is 79.6 Å². The summed E-state index contributed by atoms with van der Waals surface area (Å²) in [5.74, 6) is -0.272. The average Bonchev–Trinajstić information content (AvgIpc) is 3.11. The van der Waals surface area contributed by atoms with Crippen molar-refractivity contribution in [3.05, 3.63) is 56.0 Å². The molecule has 0 spiro atoms. The molecule has 144 valence electrons. The Morgan fingerprint density at radius 1 is 1.22 bits per heavy atom. The van der Waals surface area contributed by atoms with E-state index in [1.165, 1.54) is 12.1 Å². The van der Waals surface area contributed by atoms with E-state index in [4.69, 9.17) is 4.98 Å². The molecule has 8 heteroatoms. The Hall–Kier alpha value is -2.32. The molecule has 0 N–H and O–H groups in total. The van der Waals surface area contributed by atoms with E-state index in [0.717, 1.165) is 30.3 Å². The van der Waals surface area contributed by atoms with Crippen LogP contribution < -0.4 is 0 Å². The molecule has 2 heterocycles. The lowest BCUT2D eigenvalue weighted by molar-refractivity contribution is -0.385. The van der Waals surface area contributed by atoms with Crippen LogP contribution in [0.5, 0.6) is 0 Å². The lowest BCUT2D eigenvalue weighted by Crippen LogP contribution is -2.48. The van der Waals surface area contributed by atoms with Gasteiger partial charge in [0.05, 0.1) is 17.2 Å². The minimum atomic E-state index is -0.501. The van der Waals surface area contributed by atoms with Gasteiger partial charge < -0.3 is 4.90 Å². The first-order valence-corrected chi connectivity index (χ1v) is 9.83. The zero-order valence-electron chi connectivity index (χ0n) is 15.8. The fraction of sp³-hybridized carbons (Fsp3) is 0.474. The van der Waals surface area contributed by atoms with Crippen LogP contribution in [0.3, 0.4) is 0 Å². The number of thiazole rings is 1. The summed E-state index contributed by atoms with van der Waals surface area (Å²) in [4.78, 5) is 32.1. The van der Waals surface area contributed by atoms with Gasteiger partial charge in [-0.25, -0.2) is 4.98 Å². The molecule has 0 unspecified atom stereocenters. The molecule has 1 aliphatic rings. The van der Waals surface area contributed by atoms with E-state index in [0.29, 0.717) is 13.1 Å². The molecule has 1 aromatic heterocycles. The molecule has 0 saturated carbocycles. The van der Waals surface area contributed by atoms with Crippen LogP contribution in [0, 0.1) is 10.1 Å². The Kier molecular flexibility index (Phi) is 5.57. The molecule has 1 saturated heterocycles. The fourth-order valence-corrected chi connectivity index (χ4v) is 4.07. The minimum Gasteiger partial charge on any atom is -0.336 e. The molecule has 7 nitrogen and oxygen atoms in total. The summed E-state index contributed by atoms with van der Waals surface area (Å²) in [6, 6.07) is 6.13. The molecule has 27 heavy (non-hydrogen) atoms. The molecule has 1 amide bonds. The average molecular weight is 388 g/mol. The Labute approximate surface area is 162 Å². The maximum absolute atomic E-state index is 12.7. The first-order valence-electron chi connectivity index (χ1n) is 8.95. The Bertz CT molecular complexity index is 835.